The van der Waals surface area contributed by atoms with Crippen LogP contribution in [-0.4, -0.2) is 60.0 Å². The Morgan fingerprint density at radius 2 is 1.92 bits per heavy atom. The number of amidine groups is 1. The molecule has 2 heterocycles. The molecular formula is C27H30ClF3N4O3S. The molecule has 1 amide bonds. The molecule has 0 bridgehead atoms. The van der Waals surface area contributed by atoms with Gasteiger partial charge in [-0.3, -0.25) is 14.1 Å². The zero-order valence-corrected chi connectivity index (χ0v) is 23.2. The molecule has 2 aromatic carbocycles. The third-order valence-electron chi connectivity index (χ3n) is 6.81. The van der Waals surface area contributed by atoms with Crippen LogP contribution in [0.2, 0.25) is 5.02 Å². The number of alkyl halides is 2. The molecule has 0 aliphatic carbocycles. The summed E-state index contributed by atoms with van der Waals surface area (Å²) < 4.78 is 69.7. The topological polar surface area (TPSA) is 82.1 Å². The Kier molecular flexibility index (Phi) is 8.05. The lowest BCUT2D eigenvalue weighted by atomic mass is 9.96. The number of likely N-dealkylation sites (tertiary alicyclic amines) is 1. The number of hydrogen-bond acceptors (Lipinski definition) is 5. The van der Waals surface area contributed by atoms with Crippen molar-refractivity contribution < 1.29 is 26.4 Å². The Hall–Kier alpha value is -3.05. The van der Waals surface area contributed by atoms with Gasteiger partial charge in [0, 0.05) is 25.1 Å². The van der Waals surface area contributed by atoms with Crippen molar-refractivity contribution in [2.24, 2.45) is 4.99 Å². The van der Waals surface area contributed by atoms with Crippen LogP contribution in [-0.2, 0) is 21.4 Å². The third kappa shape index (κ3) is 6.41. The number of nitrogens with one attached hydrogen (secondary N) is 1. The molecule has 0 unspecified atom stereocenters. The predicted molar refractivity (Wildman–Crippen MR) is 144 cm³/mol. The number of nitrogens with zero attached hydrogens (tertiary/aromatic N) is 3. The van der Waals surface area contributed by atoms with Gasteiger partial charge in [-0.1, -0.05) is 42.4 Å². The molecule has 210 valence electrons. The minimum absolute atomic E-state index is 0.0240. The van der Waals surface area contributed by atoms with Crippen LogP contribution in [0.3, 0.4) is 0 Å². The lowest BCUT2D eigenvalue weighted by Gasteiger charge is -2.28. The highest BCUT2D eigenvalue weighted by molar-refractivity contribution is 7.89. The molecule has 2 aromatic rings. The molecule has 1 fully saturated rings. The minimum atomic E-state index is -4.05. The molecule has 7 nitrogen and oxygen atoms in total. The normalized spacial score (nSPS) is 19.9. The van der Waals surface area contributed by atoms with Crippen molar-refractivity contribution >= 4 is 33.4 Å². The Labute approximate surface area is 231 Å². The van der Waals surface area contributed by atoms with E-state index >= 15 is 0 Å². The standard InChI is InChI=1S/C27H30ClF3N4O3S/c1-18(9-12-23-32-24(26(2,3)33-23)25(36)34-14-13-27(30,31)17-34)35(16-19-10-11-21(28)22(29)15-19)39(37,38)20-7-5-4-6-8-20/h4-8,10-11,15,24H,1,9,12-14,16-17H2,2-3H3,(H,32,33)/t24-/m0/s1. The summed E-state index contributed by atoms with van der Waals surface area (Å²) >= 11 is 5.79. The summed E-state index contributed by atoms with van der Waals surface area (Å²) in [6.45, 7) is 6.65. The van der Waals surface area contributed by atoms with Gasteiger partial charge in [0.2, 0.25) is 5.91 Å². The minimum Gasteiger partial charge on any atom is -0.360 e. The molecule has 1 N–H and O–H groups in total. The summed E-state index contributed by atoms with van der Waals surface area (Å²) in [7, 11) is -4.05. The fourth-order valence-electron chi connectivity index (χ4n) is 4.66. The lowest BCUT2D eigenvalue weighted by molar-refractivity contribution is -0.134. The van der Waals surface area contributed by atoms with Crippen LogP contribution in [0.15, 0.2) is 70.7 Å². The number of aliphatic imine (C=N–C) groups is 1. The van der Waals surface area contributed by atoms with E-state index in [1.165, 1.54) is 30.3 Å². The van der Waals surface area contributed by atoms with Crippen LogP contribution < -0.4 is 5.32 Å². The lowest BCUT2D eigenvalue weighted by Crippen LogP contribution is -2.53. The summed E-state index contributed by atoms with van der Waals surface area (Å²) in [4.78, 5) is 18.8. The molecule has 4 rings (SSSR count). The number of benzene rings is 2. The number of sulfonamides is 1. The van der Waals surface area contributed by atoms with Gasteiger partial charge in [0.15, 0.2) is 0 Å². The number of allylic oxidation sites excluding steroid dienone is 1. The fourth-order valence-corrected chi connectivity index (χ4v) is 6.29. The first-order valence-corrected chi connectivity index (χ1v) is 14.2. The molecule has 0 spiro atoms. The SMILES string of the molecule is C=C(CCC1=NC(C)(C)[C@H](C(=O)N2CCC(F)(F)C2)N1)N(Cc1ccc(Cl)c(F)c1)S(=O)(=O)c1ccccc1. The van der Waals surface area contributed by atoms with Gasteiger partial charge in [0.05, 0.1) is 34.4 Å². The summed E-state index contributed by atoms with van der Waals surface area (Å²) in [6, 6.07) is 11.1. The molecule has 2 aliphatic heterocycles. The Morgan fingerprint density at radius 3 is 2.54 bits per heavy atom. The first-order valence-electron chi connectivity index (χ1n) is 12.4. The predicted octanol–water partition coefficient (Wildman–Crippen LogP) is 4.98. The smallest absolute Gasteiger partial charge is 0.267 e. The number of carbonyl (C=O) groups excluding carboxylic acids is 1. The van der Waals surface area contributed by atoms with Crippen molar-refractivity contribution in [3.8, 4) is 0 Å². The van der Waals surface area contributed by atoms with Crippen molar-refractivity contribution in [2.75, 3.05) is 13.1 Å². The number of halogens is 4. The highest BCUT2D eigenvalue weighted by Gasteiger charge is 2.47. The van der Waals surface area contributed by atoms with Crippen LogP contribution in [0.4, 0.5) is 13.2 Å². The van der Waals surface area contributed by atoms with E-state index in [2.05, 4.69) is 16.9 Å². The second-order valence-electron chi connectivity index (χ2n) is 10.3. The zero-order valence-electron chi connectivity index (χ0n) is 21.6. The van der Waals surface area contributed by atoms with Crippen molar-refractivity contribution in [3.63, 3.8) is 0 Å². The van der Waals surface area contributed by atoms with E-state index in [1.807, 2.05) is 0 Å². The average Bonchev–Trinajstić information content (AvgIpc) is 3.40. The van der Waals surface area contributed by atoms with Crippen LogP contribution >= 0.6 is 11.6 Å². The Bertz CT molecular complexity index is 1400. The zero-order chi connectivity index (χ0) is 28.6. The molecule has 2 aliphatic rings. The maximum atomic E-state index is 14.1. The van der Waals surface area contributed by atoms with Gasteiger partial charge in [0.1, 0.15) is 11.9 Å². The van der Waals surface area contributed by atoms with Crippen LogP contribution in [0.1, 0.15) is 38.7 Å². The summed E-state index contributed by atoms with van der Waals surface area (Å²) in [5.41, 5.74) is -0.281. The van der Waals surface area contributed by atoms with E-state index < -0.39 is 45.8 Å². The van der Waals surface area contributed by atoms with E-state index in [-0.39, 0.29) is 48.0 Å². The van der Waals surface area contributed by atoms with Crippen LogP contribution in [0.5, 0.6) is 0 Å². The van der Waals surface area contributed by atoms with Gasteiger partial charge in [-0.25, -0.2) is 21.6 Å². The van der Waals surface area contributed by atoms with E-state index in [0.717, 1.165) is 9.21 Å². The van der Waals surface area contributed by atoms with Crippen molar-refractivity contribution in [1.82, 2.24) is 14.5 Å². The van der Waals surface area contributed by atoms with Crippen molar-refractivity contribution in [1.29, 1.82) is 0 Å². The molecule has 1 atom stereocenters. The van der Waals surface area contributed by atoms with Gasteiger partial charge < -0.3 is 10.2 Å². The molecule has 0 radical (unpaired) electrons. The van der Waals surface area contributed by atoms with Gasteiger partial charge in [-0.05, 0) is 50.1 Å². The van der Waals surface area contributed by atoms with Crippen LogP contribution in [0.25, 0.3) is 0 Å². The number of rotatable bonds is 9. The molecule has 0 saturated carbocycles. The number of amides is 1. The van der Waals surface area contributed by atoms with Crippen molar-refractivity contribution in [2.45, 2.75) is 62.1 Å². The molecule has 39 heavy (non-hydrogen) atoms. The van der Waals surface area contributed by atoms with Gasteiger partial charge in [-0.15, -0.1) is 0 Å². The highest BCUT2D eigenvalue weighted by Crippen LogP contribution is 2.31. The number of carbonyl (C=O) groups is 1. The quantitative estimate of drug-likeness (QED) is 0.452. The van der Waals surface area contributed by atoms with E-state index in [1.54, 1.807) is 32.0 Å². The molecule has 1 saturated heterocycles. The second-order valence-corrected chi connectivity index (χ2v) is 12.6. The van der Waals surface area contributed by atoms with Gasteiger partial charge >= 0.3 is 0 Å². The van der Waals surface area contributed by atoms with E-state index in [4.69, 9.17) is 11.6 Å². The van der Waals surface area contributed by atoms with Crippen molar-refractivity contribution in [3.05, 3.63) is 77.2 Å². The van der Waals surface area contributed by atoms with E-state index in [0.29, 0.717) is 11.4 Å². The number of hydrogen-bond donors (Lipinski definition) is 1. The molecule has 0 aromatic heterocycles. The maximum absolute atomic E-state index is 14.1. The van der Waals surface area contributed by atoms with Gasteiger partial charge in [0.25, 0.3) is 15.9 Å². The monoisotopic (exact) mass is 582 g/mol. The highest BCUT2D eigenvalue weighted by atomic mass is 35.5. The van der Waals surface area contributed by atoms with Gasteiger partial charge in [-0.2, -0.15) is 0 Å². The maximum Gasteiger partial charge on any atom is 0.267 e. The second kappa shape index (κ2) is 10.8. The first kappa shape index (κ1) is 28.9. The average molecular weight is 583 g/mol. The summed E-state index contributed by atoms with van der Waals surface area (Å²) in [5, 5.41) is 2.97. The Morgan fingerprint density at radius 1 is 1.23 bits per heavy atom. The largest absolute Gasteiger partial charge is 0.360 e. The first-order chi connectivity index (χ1) is 18.2. The van der Waals surface area contributed by atoms with Crippen LogP contribution in [0, 0.1) is 5.82 Å². The summed E-state index contributed by atoms with van der Waals surface area (Å²) in [6.07, 6.45) is -0.00654. The van der Waals surface area contributed by atoms with E-state index in [9.17, 15) is 26.4 Å². The summed E-state index contributed by atoms with van der Waals surface area (Å²) in [5.74, 6) is -3.58. The fraction of sp³-hybridized carbons (Fsp3) is 0.407. The third-order valence-corrected chi connectivity index (χ3v) is 8.96. The molecular weight excluding hydrogens is 553 g/mol. The Balaban J connectivity index is 1.50. The molecule has 12 heteroatoms.